The van der Waals surface area contributed by atoms with Gasteiger partial charge in [-0.2, -0.15) is 0 Å². The monoisotopic (exact) mass is 356 g/mol. The summed E-state index contributed by atoms with van der Waals surface area (Å²) in [6.45, 7) is 4.36. The Hall–Kier alpha value is -3.14. The van der Waals surface area contributed by atoms with E-state index in [0.717, 1.165) is 33.9 Å². The summed E-state index contributed by atoms with van der Waals surface area (Å²) in [6, 6.07) is 16.6. The van der Waals surface area contributed by atoms with E-state index >= 15 is 0 Å². The lowest BCUT2D eigenvalue weighted by Crippen LogP contribution is -2.22. The van der Waals surface area contributed by atoms with Crippen molar-refractivity contribution in [3.8, 4) is 22.5 Å². The number of hydrogen-bond donors (Lipinski definition) is 0. The Morgan fingerprint density at radius 1 is 0.667 bits per heavy atom. The summed E-state index contributed by atoms with van der Waals surface area (Å²) in [5.41, 5.74) is 5.96. The minimum Gasteiger partial charge on any atom is -0.357 e. The fourth-order valence-electron chi connectivity index (χ4n) is 3.33. The van der Waals surface area contributed by atoms with Crippen molar-refractivity contribution in [3.05, 3.63) is 84.7 Å². The number of hydrogen-bond acceptors (Lipinski definition) is 2. The van der Waals surface area contributed by atoms with Crippen molar-refractivity contribution < 1.29 is 0 Å². The quantitative estimate of drug-likeness (QED) is 0.526. The van der Waals surface area contributed by atoms with E-state index in [1.165, 1.54) is 0 Å². The van der Waals surface area contributed by atoms with Crippen LogP contribution in [0.4, 0.5) is 0 Å². The average molecular weight is 356 g/mol. The summed E-state index contributed by atoms with van der Waals surface area (Å²) in [5.74, 6) is 0. The molecular formula is C23H24N4. The second-order valence-electron chi connectivity index (χ2n) is 7.57. The van der Waals surface area contributed by atoms with Crippen LogP contribution in [0.1, 0.15) is 25.2 Å². The van der Waals surface area contributed by atoms with Gasteiger partial charge in [0.1, 0.15) is 0 Å². The van der Waals surface area contributed by atoms with Crippen molar-refractivity contribution in [1.82, 2.24) is 19.1 Å². The van der Waals surface area contributed by atoms with E-state index in [1.54, 1.807) is 0 Å². The highest BCUT2D eigenvalue weighted by molar-refractivity contribution is 5.60. The van der Waals surface area contributed by atoms with Gasteiger partial charge in [0, 0.05) is 55.4 Å². The maximum Gasteiger partial charge on any atom is 0.0720 e. The second kappa shape index (κ2) is 6.54. The zero-order chi connectivity index (χ0) is 19.0. The third kappa shape index (κ3) is 3.31. The summed E-state index contributed by atoms with van der Waals surface area (Å²) in [4.78, 5) is 9.91. The highest BCUT2D eigenvalue weighted by Gasteiger charge is 2.27. The Kier molecular flexibility index (Phi) is 4.19. The number of rotatable bonds is 4. The molecule has 4 nitrogen and oxygen atoms in total. The van der Waals surface area contributed by atoms with Gasteiger partial charge in [0.2, 0.25) is 0 Å². The SMILES string of the molecule is Cn1ccc(-c2cccc(C(C)(C)c3cccc(-c4ccn(C)c4)n3)n2)c1. The average Bonchev–Trinajstić information content (AvgIpc) is 3.30. The van der Waals surface area contributed by atoms with Crippen LogP contribution in [0.5, 0.6) is 0 Å². The van der Waals surface area contributed by atoms with Crippen LogP contribution in [0.25, 0.3) is 22.5 Å². The first-order chi connectivity index (χ1) is 12.9. The van der Waals surface area contributed by atoms with Gasteiger partial charge in [0.05, 0.1) is 22.8 Å². The first-order valence-electron chi connectivity index (χ1n) is 9.13. The third-order valence-corrected chi connectivity index (χ3v) is 5.03. The largest absolute Gasteiger partial charge is 0.357 e. The zero-order valence-corrected chi connectivity index (χ0v) is 16.2. The lowest BCUT2D eigenvalue weighted by molar-refractivity contribution is 0.597. The molecule has 4 aromatic rings. The van der Waals surface area contributed by atoms with Gasteiger partial charge in [-0.25, -0.2) is 0 Å². The molecule has 4 aromatic heterocycles. The standard InChI is InChI=1S/C23H24N4/c1-23(2,21-9-5-7-19(24-21)17-11-13-26(3)15-17)22-10-6-8-20(25-22)18-12-14-27(4)16-18/h5-16H,1-4H3. The molecule has 0 N–H and O–H groups in total. The van der Waals surface area contributed by atoms with Crippen LogP contribution in [0.3, 0.4) is 0 Å². The Balaban J connectivity index is 1.73. The number of aryl methyl sites for hydroxylation is 2. The summed E-state index contributed by atoms with van der Waals surface area (Å²) < 4.78 is 4.08. The smallest absolute Gasteiger partial charge is 0.0720 e. The van der Waals surface area contributed by atoms with Crippen LogP contribution in [0, 0.1) is 0 Å². The highest BCUT2D eigenvalue weighted by Crippen LogP contribution is 2.31. The van der Waals surface area contributed by atoms with E-state index < -0.39 is 0 Å². The molecule has 0 radical (unpaired) electrons. The van der Waals surface area contributed by atoms with Crippen molar-refractivity contribution in [3.63, 3.8) is 0 Å². The number of pyridine rings is 2. The van der Waals surface area contributed by atoms with Crippen molar-refractivity contribution in [2.45, 2.75) is 19.3 Å². The molecular weight excluding hydrogens is 332 g/mol. The molecule has 27 heavy (non-hydrogen) atoms. The number of aromatic nitrogens is 4. The summed E-state index contributed by atoms with van der Waals surface area (Å²) in [5, 5.41) is 0. The Labute approximate surface area is 160 Å². The zero-order valence-electron chi connectivity index (χ0n) is 16.2. The van der Waals surface area contributed by atoms with Crippen LogP contribution < -0.4 is 0 Å². The predicted octanol–water partition coefficient (Wildman–Crippen LogP) is 4.81. The topological polar surface area (TPSA) is 35.6 Å². The van der Waals surface area contributed by atoms with E-state index in [0.29, 0.717) is 0 Å². The molecule has 0 aromatic carbocycles. The summed E-state index contributed by atoms with van der Waals surface area (Å²) in [7, 11) is 4.05. The molecule has 136 valence electrons. The maximum atomic E-state index is 4.95. The van der Waals surface area contributed by atoms with Gasteiger partial charge < -0.3 is 9.13 Å². The minimum absolute atomic E-state index is 0.296. The van der Waals surface area contributed by atoms with Gasteiger partial charge in [0.25, 0.3) is 0 Å². The normalized spacial score (nSPS) is 11.7. The van der Waals surface area contributed by atoms with Crippen molar-refractivity contribution in [1.29, 1.82) is 0 Å². The van der Waals surface area contributed by atoms with Crippen molar-refractivity contribution in [2.75, 3.05) is 0 Å². The first kappa shape index (κ1) is 17.3. The summed E-state index contributed by atoms with van der Waals surface area (Å²) >= 11 is 0. The van der Waals surface area contributed by atoms with E-state index in [1.807, 2.05) is 35.6 Å². The summed E-state index contributed by atoms with van der Waals surface area (Å²) in [6.07, 6.45) is 8.26. The second-order valence-corrected chi connectivity index (χ2v) is 7.57. The lowest BCUT2D eigenvalue weighted by atomic mass is 9.84. The molecule has 0 atom stereocenters. The third-order valence-electron chi connectivity index (χ3n) is 5.03. The van der Waals surface area contributed by atoms with E-state index in [4.69, 9.17) is 9.97 Å². The maximum absolute atomic E-state index is 4.95. The van der Waals surface area contributed by atoms with Gasteiger partial charge in [-0.15, -0.1) is 0 Å². The van der Waals surface area contributed by atoms with Crippen LogP contribution in [-0.2, 0) is 19.5 Å². The first-order valence-corrected chi connectivity index (χ1v) is 9.13. The molecule has 4 heteroatoms. The van der Waals surface area contributed by atoms with Crippen molar-refractivity contribution in [2.24, 2.45) is 14.1 Å². The predicted molar refractivity (Wildman–Crippen MR) is 109 cm³/mol. The molecule has 0 amide bonds. The van der Waals surface area contributed by atoms with E-state index in [-0.39, 0.29) is 5.41 Å². The van der Waals surface area contributed by atoms with Gasteiger partial charge in [-0.3, -0.25) is 9.97 Å². The molecule has 0 aliphatic carbocycles. The molecule has 4 heterocycles. The van der Waals surface area contributed by atoms with E-state index in [2.05, 4.69) is 74.8 Å². The molecule has 0 fully saturated rings. The molecule has 0 unspecified atom stereocenters. The number of nitrogens with zero attached hydrogens (tertiary/aromatic N) is 4. The van der Waals surface area contributed by atoms with Crippen LogP contribution in [0.15, 0.2) is 73.3 Å². The molecule has 4 rings (SSSR count). The Morgan fingerprint density at radius 2 is 1.11 bits per heavy atom. The van der Waals surface area contributed by atoms with Crippen molar-refractivity contribution >= 4 is 0 Å². The van der Waals surface area contributed by atoms with Gasteiger partial charge in [-0.05, 0) is 50.2 Å². The molecule has 0 bridgehead atoms. The van der Waals surface area contributed by atoms with Crippen LogP contribution in [0.2, 0.25) is 0 Å². The van der Waals surface area contributed by atoms with Crippen LogP contribution >= 0.6 is 0 Å². The van der Waals surface area contributed by atoms with Gasteiger partial charge in [-0.1, -0.05) is 12.1 Å². The van der Waals surface area contributed by atoms with Gasteiger partial charge >= 0.3 is 0 Å². The molecule has 0 saturated heterocycles. The Bertz CT molecular complexity index is 999. The highest BCUT2D eigenvalue weighted by atomic mass is 14.9. The Morgan fingerprint density at radius 3 is 1.48 bits per heavy atom. The van der Waals surface area contributed by atoms with Gasteiger partial charge in [0.15, 0.2) is 0 Å². The van der Waals surface area contributed by atoms with E-state index in [9.17, 15) is 0 Å². The minimum atomic E-state index is -0.296. The fourth-order valence-corrected chi connectivity index (χ4v) is 3.33. The molecule has 0 aliphatic heterocycles. The fraction of sp³-hybridized carbons (Fsp3) is 0.217. The molecule has 0 aliphatic rings. The molecule has 0 saturated carbocycles. The lowest BCUT2D eigenvalue weighted by Gasteiger charge is -2.24. The van der Waals surface area contributed by atoms with Crippen LogP contribution in [-0.4, -0.2) is 19.1 Å². The molecule has 0 spiro atoms.